The lowest BCUT2D eigenvalue weighted by Gasteiger charge is -2.42. The van der Waals surface area contributed by atoms with E-state index >= 15 is 0 Å². The summed E-state index contributed by atoms with van der Waals surface area (Å²) in [5.41, 5.74) is 2.03. The second-order valence-electron chi connectivity index (χ2n) is 9.92. The molecule has 1 N–H and O–H groups in total. The molecule has 11 nitrogen and oxygen atoms in total. The number of likely N-dealkylation sites (N-methyl/N-ethyl adjacent to an activating group) is 1. The van der Waals surface area contributed by atoms with Crippen molar-refractivity contribution in [3.8, 4) is 17.2 Å². The van der Waals surface area contributed by atoms with Gasteiger partial charge in [0.2, 0.25) is 0 Å². The second-order valence-corrected chi connectivity index (χ2v) is 9.92. The van der Waals surface area contributed by atoms with Crippen LogP contribution in [0.1, 0.15) is 35.8 Å². The van der Waals surface area contributed by atoms with Crippen molar-refractivity contribution < 1.29 is 33.3 Å². The molecule has 1 fully saturated rings. The Morgan fingerprint density at radius 1 is 1.00 bits per heavy atom. The highest BCUT2D eigenvalue weighted by Crippen LogP contribution is 2.40. The molecule has 41 heavy (non-hydrogen) atoms. The van der Waals surface area contributed by atoms with Crippen molar-refractivity contribution >= 4 is 17.9 Å². The largest absolute Gasteiger partial charge is 0.497 e. The molecule has 2 aromatic carbocycles. The number of benzene rings is 2. The Labute approximate surface area is 240 Å². The van der Waals surface area contributed by atoms with Gasteiger partial charge in [-0.3, -0.25) is 14.6 Å². The molecule has 2 aliphatic rings. The minimum absolute atomic E-state index is 0.0504. The summed E-state index contributed by atoms with van der Waals surface area (Å²) in [5.74, 6) is 1.02. The monoisotopic (exact) mass is 566 g/mol. The fourth-order valence-electron chi connectivity index (χ4n) is 5.36. The zero-order valence-corrected chi connectivity index (χ0v) is 24.4. The molecular weight excluding hydrogens is 528 g/mol. The predicted octanol–water partition coefficient (Wildman–Crippen LogP) is 3.07. The van der Waals surface area contributed by atoms with Crippen molar-refractivity contribution in [3.05, 3.63) is 64.9 Å². The maximum Gasteiger partial charge on any atom is 0.338 e. The molecule has 1 saturated heterocycles. The van der Waals surface area contributed by atoms with Crippen LogP contribution in [-0.2, 0) is 9.53 Å². The minimum Gasteiger partial charge on any atom is -0.497 e. The number of nitrogens with one attached hydrogen (secondary N) is 1. The molecule has 0 unspecified atom stereocenters. The smallest absolute Gasteiger partial charge is 0.338 e. The Morgan fingerprint density at radius 2 is 1.73 bits per heavy atom. The number of piperazine rings is 1. The van der Waals surface area contributed by atoms with E-state index in [9.17, 15) is 14.4 Å². The Morgan fingerprint density at radius 3 is 2.34 bits per heavy atom. The van der Waals surface area contributed by atoms with Crippen LogP contribution in [0.5, 0.6) is 17.2 Å². The normalized spacial score (nSPS) is 19.5. The van der Waals surface area contributed by atoms with E-state index in [0.717, 1.165) is 0 Å². The summed E-state index contributed by atoms with van der Waals surface area (Å²) in [6, 6.07) is 11.1. The number of para-hydroxylation sites is 1. The molecule has 0 aromatic heterocycles. The average Bonchev–Trinajstić information content (AvgIpc) is 2.98. The van der Waals surface area contributed by atoms with E-state index in [-0.39, 0.29) is 24.6 Å². The second kappa shape index (κ2) is 12.9. The Balaban J connectivity index is 1.63. The number of nitrogens with zero attached hydrogens (tertiary/aromatic N) is 3. The van der Waals surface area contributed by atoms with Crippen LogP contribution in [0.25, 0.3) is 0 Å². The van der Waals surface area contributed by atoms with Crippen LogP contribution in [0.15, 0.2) is 53.7 Å². The van der Waals surface area contributed by atoms with Gasteiger partial charge in [-0.2, -0.15) is 0 Å². The molecule has 0 spiro atoms. The lowest BCUT2D eigenvalue weighted by Crippen LogP contribution is -2.56. The van der Waals surface area contributed by atoms with Gasteiger partial charge in [0.25, 0.3) is 5.91 Å². The number of rotatable bonds is 9. The van der Waals surface area contributed by atoms with Gasteiger partial charge in [0, 0.05) is 56.1 Å². The highest BCUT2D eigenvalue weighted by atomic mass is 16.5. The number of urea groups is 1. The molecule has 2 heterocycles. The van der Waals surface area contributed by atoms with Gasteiger partial charge in [0.1, 0.15) is 5.75 Å². The van der Waals surface area contributed by atoms with Crippen LogP contribution >= 0.6 is 0 Å². The zero-order valence-electron chi connectivity index (χ0n) is 24.4. The van der Waals surface area contributed by atoms with Crippen LogP contribution in [0, 0.1) is 0 Å². The molecular formula is C30H38N4O7. The predicted molar refractivity (Wildman–Crippen MR) is 152 cm³/mol. The van der Waals surface area contributed by atoms with Crippen molar-refractivity contribution in [2.24, 2.45) is 0 Å². The molecule has 0 bridgehead atoms. The van der Waals surface area contributed by atoms with Gasteiger partial charge in [-0.15, -0.1) is 0 Å². The first-order valence-electron chi connectivity index (χ1n) is 13.6. The first-order valence-corrected chi connectivity index (χ1v) is 13.6. The van der Waals surface area contributed by atoms with Gasteiger partial charge in [-0.25, -0.2) is 9.59 Å². The van der Waals surface area contributed by atoms with E-state index in [1.54, 1.807) is 63.5 Å². The Kier molecular flexibility index (Phi) is 9.38. The van der Waals surface area contributed by atoms with E-state index in [0.29, 0.717) is 65.8 Å². The number of ether oxygens (including phenoxy) is 4. The van der Waals surface area contributed by atoms with E-state index in [2.05, 4.69) is 10.2 Å². The number of hydrogen-bond donors (Lipinski definition) is 1. The summed E-state index contributed by atoms with van der Waals surface area (Å²) in [5, 5.41) is 2.93. The maximum atomic E-state index is 13.4. The summed E-state index contributed by atoms with van der Waals surface area (Å²) >= 11 is 0. The van der Waals surface area contributed by atoms with Crippen LogP contribution in [-0.4, -0.2) is 99.8 Å². The number of carbonyl (C=O) groups excluding carboxylic acids is 3. The number of methoxy groups -OCH3 is 3. The third kappa shape index (κ3) is 6.09. The van der Waals surface area contributed by atoms with E-state index in [4.69, 9.17) is 18.9 Å². The Hall–Kier alpha value is -4.25. The lowest BCUT2D eigenvalue weighted by molar-refractivity contribution is -0.139. The third-order valence-electron chi connectivity index (χ3n) is 7.50. The highest BCUT2D eigenvalue weighted by Gasteiger charge is 2.40. The van der Waals surface area contributed by atoms with E-state index in [1.165, 1.54) is 19.1 Å². The van der Waals surface area contributed by atoms with Crippen LogP contribution in [0.4, 0.5) is 4.79 Å². The number of esters is 1. The van der Waals surface area contributed by atoms with Crippen molar-refractivity contribution in [1.82, 2.24) is 20.0 Å². The van der Waals surface area contributed by atoms with E-state index in [1.807, 2.05) is 11.8 Å². The molecule has 3 amide bonds. The van der Waals surface area contributed by atoms with Crippen molar-refractivity contribution in [3.63, 3.8) is 0 Å². The molecule has 0 saturated carbocycles. The van der Waals surface area contributed by atoms with Crippen molar-refractivity contribution in [1.29, 1.82) is 0 Å². The third-order valence-corrected chi connectivity index (χ3v) is 7.50. The first kappa shape index (κ1) is 29.7. The van der Waals surface area contributed by atoms with Gasteiger partial charge >= 0.3 is 12.0 Å². The standard InChI is InChI=1S/C30H38N4O7/c1-7-41-29(36)25-23(32(3)30(37)31-26(25)22-9-8-10-24(39-5)27(22)40-6)18-33-15-16-34(19(2)17-33)28(35)20-11-13-21(38-4)14-12-20/h8-14,19,26H,7,15-18H2,1-6H3,(H,31,37)/t19-,26+/m0/s1. The molecule has 4 rings (SSSR count). The average molecular weight is 567 g/mol. The lowest BCUT2D eigenvalue weighted by atomic mass is 9.93. The van der Waals surface area contributed by atoms with Gasteiger partial charge in [0.05, 0.1) is 39.6 Å². The molecule has 11 heteroatoms. The number of amides is 3. The maximum absolute atomic E-state index is 13.4. The van der Waals surface area contributed by atoms with Crippen molar-refractivity contribution in [2.75, 3.05) is 61.2 Å². The summed E-state index contributed by atoms with van der Waals surface area (Å²) in [6.45, 7) is 5.85. The van der Waals surface area contributed by atoms with Crippen LogP contribution in [0.3, 0.4) is 0 Å². The molecule has 2 aromatic rings. The van der Waals surface area contributed by atoms with Gasteiger partial charge < -0.3 is 29.2 Å². The summed E-state index contributed by atoms with van der Waals surface area (Å²) in [6.07, 6.45) is 0. The Bertz CT molecular complexity index is 1310. The molecule has 0 aliphatic carbocycles. The van der Waals surface area contributed by atoms with Gasteiger partial charge in [-0.1, -0.05) is 12.1 Å². The van der Waals surface area contributed by atoms with E-state index < -0.39 is 12.0 Å². The highest BCUT2D eigenvalue weighted by molar-refractivity contribution is 5.96. The minimum atomic E-state index is -0.812. The molecule has 2 aliphatic heterocycles. The topological polar surface area (TPSA) is 110 Å². The first-order chi connectivity index (χ1) is 19.7. The fraction of sp³-hybridized carbons (Fsp3) is 0.433. The quantitative estimate of drug-likeness (QED) is 0.462. The molecule has 2 atom stereocenters. The summed E-state index contributed by atoms with van der Waals surface area (Å²) in [7, 11) is 6.27. The summed E-state index contributed by atoms with van der Waals surface area (Å²) < 4.78 is 21.8. The van der Waals surface area contributed by atoms with Gasteiger partial charge in [0.15, 0.2) is 11.5 Å². The molecule has 0 radical (unpaired) electrons. The van der Waals surface area contributed by atoms with Crippen LogP contribution < -0.4 is 19.5 Å². The number of hydrogen-bond acceptors (Lipinski definition) is 8. The SMILES string of the molecule is CCOC(=O)C1=C(CN2CCN(C(=O)c3ccc(OC)cc3)[C@@H](C)C2)N(C)C(=O)N[C@@H]1c1cccc(OC)c1OC. The fourth-order valence-corrected chi connectivity index (χ4v) is 5.36. The number of carbonyl (C=O) groups is 3. The van der Waals surface area contributed by atoms with Crippen molar-refractivity contribution in [2.45, 2.75) is 25.9 Å². The molecule has 220 valence electrons. The summed E-state index contributed by atoms with van der Waals surface area (Å²) in [4.78, 5) is 45.3. The zero-order chi connectivity index (χ0) is 29.7. The van der Waals surface area contributed by atoms with Gasteiger partial charge in [-0.05, 0) is 44.2 Å². The van der Waals surface area contributed by atoms with Crippen LogP contribution in [0.2, 0.25) is 0 Å².